The van der Waals surface area contributed by atoms with Crippen molar-refractivity contribution in [2.75, 3.05) is 13.2 Å². The van der Waals surface area contributed by atoms with Crippen LogP contribution >= 0.6 is 0 Å². The van der Waals surface area contributed by atoms with E-state index in [2.05, 4.69) is 24.2 Å². The van der Waals surface area contributed by atoms with Gasteiger partial charge in [0.1, 0.15) is 19.9 Å². The molecule has 1 aliphatic heterocycles. The molecule has 0 amide bonds. The highest BCUT2D eigenvalue weighted by molar-refractivity contribution is 6.73. The van der Waals surface area contributed by atoms with E-state index >= 15 is 0 Å². The van der Waals surface area contributed by atoms with Crippen molar-refractivity contribution in [3.63, 3.8) is 0 Å². The van der Waals surface area contributed by atoms with Crippen LogP contribution < -0.4 is 0 Å². The van der Waals surface area contributed by atoms with Crippen molar-refractivity contribution in [3.8, 4) is 0 Å². The fraction of sp³-hybridized carbons (Fsp3) is 0.929. The summed E-state index contributed by atoms with van der Waals surface area (Å²) in [6, 6.07) is -0.123. The minimum absolute atomic E-state index is 0.102. The van der Waals surface area contributed by atoms with Crippen LogP contribution in [-0.4, -0.2) is 48.7 Å². The lowest BCUT2D eigenvalue weighted by Gasteiger charge is -2.35. The van der Waals surface area contributed by atoms with E-state index in [1.807, 2.05) is 20.8 Å². The van der Waals surface area contributed by atoms with Gasteiger partial charge in [0.2, 0.25) is 0 Å². The number of hydrogen-bond donors (Lipinski definition) is 1. The van der Waals surface area contributed by atoms with Gasteiger partial charge in [-0.05, 0) is 46.1 Å². The molecule has 1 fully saturated rings. The molecule has 1 rings (SSSR count). The van der Waals surface area contributed by atoms with Crippen LogP contribution in [0, 0.1) is 5.92 Å². The summed E-state index contributed by atoms with van der Waals surface area (Å²) in [4.78, 5) is 12.4. The fourth-order valence-corrected chi connectivity index (χ4v) is 4.60. The molecule has 112 valence electrons. The summed E-state index contributed by atoms with van der Waals surface area (Å²) in [7, 11) is -1.55. The van der Waals surface area contributed by atoms with E-state index in [0.717, 1.165) is 19.4 Å². The Morgan fingerprint density at radius 1 is 1.37 bits per heavy atom. The molecule has 0 aromatic rings. The van der Waals surface area contributed by atoms with E-state index in [4.69, 9.17) is 9.84 Å². The highest BCUT2D eigenvalue weighted by Crippen LogP contribution is 2.31. The Labute approximate surface area is 118 Å². The van der Waals surface area contributed by atoms with Gasteiger partial charge in [-0.25, -0.2) is 0 Å². The van der Waals surface area contributed by atoms with Crippen LogP contribution in [0.5, 0.6) is 0 Å². The second kappa shape index (κ2) is 5.93. The molecule has 1 aliphatic rings. The van der Waals surface area contributed by atoms with Gasteiger partial charge in [-0.3, -0.25) is 4.79 Å². The van der Waals surface area contributed by atoms with Crippen LogP contribution in [-0.2, 0) is 9.53 Å². The lowest BCUT2D eigenvalue weighted by Crippen LogP contribution is -2.52. The molecule has 0 radical (unpaired) electrons. The maximum Gasteiger partial charge on any atom is 0.323 e. The standard InChI is InChI=1S/C14H29NO3Si/c1-14(2,3)18-13(17)12-9-11(7-8-16)10-15(12)19(4,5)6/h11-12,16H,7-10H2,1-6H3/t11-,12-/m1/s1. The van der Waals surface area contributed by atoms with E-state index in [0.29, 0.717) is 5.92 Å². The van der Waals surface area contributed by atoms with Crippen LogP contribution in [0.15, 0.2) is 0 Å². The van der Waals surface area contributed by atoms with Gasteiger partial charge in [0, 0.05) is 6.61 Å². The quantitative estimate of drug-likeness (QED) is 0.636. The number of aliphatic hydroxyl groups is 1. The smallest absolute Gasteiger partial charge is 0.323 e. The van der Waals surface area contributed by atoms with Crippen molar-refractivity contribution < 1.29 is 14.6 Å². The SMILES string of the molecule is CC(C)(C)OC(=O)[C@H]1C[C@@H](CCO)CN1[Si](C)(C)C. The summed E-state index contributed by atoms with van der Waals surface area (Å²) in [5, 5.41) is 9.10. The summed E-state index contributed by atoms with van der Waals surface area (Å²) in [6.45, 7) is 13.6. The molecule has 0 unspecified atom stereocenters. The van der Waals surface area contributed by atoms with E-state index in [-0.39, 0.29) is 18.6 Å². The van der Waals surface area contributed by atoms with Gasteiger partial charge in [-0.2, -0.15) is 0 Å². The fourth-order valence-electron chi connectivity index (χ4n) is 2.65. The minimum atomic E-state index is -1.55. The second-order valence-electron chi connectivity index (χ2n) is 7.49. The van der Waals surface area contributed by atoms with Crippen LogP contribution in [0.4, 0.5) is 0 Å². The predicted octanol–water partition coefficient (Wildman–Crippen LogP) is 2.24. The largest absolute Gasteiger partial charge is 0.459 e. The highest BCUT2D eigenvalue weighted by Gasteiger charge is 2.43. The summed E-state index contributed by atoms with van der Waals surface area (Å²) in [6.07, 6.45) is 1.60. The number of carbonyl (C=O) groups excluding carboxylic acids is 1. The van der Waals surface area contributed by atoms with Gasteiger partial charge in [-0.1, -0.05) is 19.6 Å². The number of esters is 1. The van der Waals surface area contributed by atoms with Crippen LogP contribution in [0.1, 0.15) is 33.6 Å². The molecule has 1 N–H and O–H groups in total. The Morgan fingerprint density at radius 2 is 1.95 bits per heavy atom. The number of ether oxygens (including phenoxy) is 1. The third-order valence-corrected chi connectivity index (χ3v) is 5.68. The third kappa shape index (κ3) is 4.89. The zero-order valence-electron chi connectivity index (χ0n) is 13.2. The van der Waals surface area contributed by atoms with Crippen LogP contribution in [0.3, 0.4) is 0 Å². The number of aliphatic hydroxyl groups excluding tert-OH is 1. The first kappa shape index (κ1) is 16.7. The number of rotatable bonds is 4. The minimum Gasteiger partial charge on any atom is -0.459 e. The van der Waals surface area contributed by atoms with Gasteiger partial charge in [0.05, 0.1) is 0 Å². The number of hydrogen-bond acceptors (Lipinski definition) is 4. The molecule has 0 saturated carbocycles. The Bertz CT molecular complexity index is 320. The molecule has 0 aromatic heterocycles. The van der Waals surface area contributed by atoms with E-state index in [9.17, 15) is 4.79 Å². The molecule has 1 heterocycles. The second-order valence-corrected chi connectivity index (χ2v) is 12.4. The maximum absolute atomic E-state index is 12.4. The predicted molar refractivity (Wildman–Crippen MR) is 79.5 cm³/mol. The summed E-state index contributed by atoms with van der Waals surface area (Å²) in [5.41, 5.74) is -0.433. The molecular weight excluding hydrogens is 258 g/mol. The van der Waals surface area contributed by atoms with E-state index in [1.54, 1.807) is 0 Å². The topological polar surface area (TPSA) is 49.8 Å². The van der Waals surface area contributed by atoms with Crippen molar-refractivity contribution >= 4 is 14.2 Å². The molecule has 19 heavy (non-hydrogen) atoms. The molecule has 5 heteroatoms. The van der Waals surface area contributed by atoms with Crippen LogP contribution in [0.25, 0.3) is 0 Å². The van der Waals surface area contributed by atoms with Crippen LogP contribution in [0.2, 0.25) is 19.6 Å². The molecule has 4 nitrogen and oxygen atoms in total. The molecular formula is C14H29NO3Si. The Balaban J connectivity index is 2.80. The van der Waals surface area contributed by atoms with Crippen molar-refractivity contribution in [1.82, 2.24) is 4.57 Å². The first-order chi connectivity index (χ1) is 8.54. The Morgan fingerprint density at radius 3 is 2.37 bits per heavy atom. The van der Waals surface area contributed by atoms with Crippen molar-refractivity contribution in [3.05, 3.63) is 0 Å². The molecule has 1 saturated heterocycles. The maximum atomic E-state index is 12.4. The molecule has 0 spiro atoms. The molecule has 0 bridgehead atoms. The number of nitrogens with zero attached hydrogens (tertiary/aromatic N) is 1. The zero-order chi connectivity index (χ0) is 14.8. The Hall–Kier alpha value is -0.393. The first-order valence-corrected chi connectivity index (χ1v) is 10.6. The van der Waals surface area contributed by atoms with Gasteiger partial charge in [-0.15, -0.1) is 0 Å². The summed E-state index contributed by atoms with van der Waals surface area (Å²) < 4.78 is 7.90. The van der Waals surface area contributed by atoms with Crippen molar-refractivity contribution in [2.24, 2.45) is 5.92 Å². The highest BCUT2D eigenvalue weighted by atomic mass is 28.3. The summed E-state index contributed by atoms with van der Waals surface area (Å²) >= 11 is 0. The van der Waals surface area contributed by atoms with E-state index in [1.165, 1.54) is 0 Å². The molecule has 0 aromatic carbocycles. The summed E-state index contributed by atoms with van der Waals surface area (Å²) in [5.74, 6) is 0.310. The first-order valence-electron chi connectivity index (χ1n) is 7.15. The monoisotopic (exact) mass is 287 g/mol. The van der Waals surface area contributed by atoms with Crippen molar-refractivity contribution in [1.29, 1.82) is 0 Å². The van der Waals surface area contributed by atoms with Gasteiger partial charge < -0.3 is 14.4 Å². The van der Waals surface area contributed by atoms with Gasteiger partial charge in [0.15, 0.2) is 0 Å². The van der Waals surface area contributed by atoms with Crippen molar-refractivity contribution in [2.45, 2.75) is 64.9 Å². The molecule has 2 atom stereocenters. The Kier molecular flexibility index (Phi) is 5.20. The lowest BCUT2D eigenvalue weighted by atomic mass is 10.0. The zero-order valence-corrected chi connectivity index (χ0v) is 14.2. The van der Waals surface area contributed by atoms with E-state index < -0.39 is 13.8 Å². The average molecular weight is 287 g/mol. The third-order valence-electron chi connectivity index (χ3n) is 3.47. The van der Waals surface area contributed by atoms with Gasteiger partial charge >= 0.3 is 5.97 Å². The molecule has 0 aliphatic carbocycles. The van der Waals surface area contributed by atoms with Gasteiger partial charge in [0.25, 0.3) is 0 Å². The average Bonchev–Trinajstić information content (AvgIpc) is 2.59. The lowest BCUT2D eigenvalue weighted by molar-refractivity contribution is -0.159. The normalized spacial score (nSPS) is 25.6. The number of carbonyl (C=O) groups is 1.